The minimum atomic E-state index is -5.21. The van der Waals surface area contributed by atoms with E-state index in [2.05, 4.69) is 49.5 Å². The molecule has 0 fully saturated rings. The van der Waals surface area contributed by atoms with Gasteiger partial charge in [-0.1, -0.05) is 20.8 Å². The number of anilines is 1. The van der Waals surface area contributed by atoms with Crippen LogP contribution in [0.4, 0.5) is 16.5 Å². The number of fused-ring (bicyclic) bond motifs is 1. The SMILES string of the molecule is CC(C)(C)c1[nH]n2nc(-c3ccc(NC(=O)c4cc(S(=O)(=O)[O-])cc(S(=O)(=O)[O-])c4)cc3)nc2c1N=Nc1nc(S(=O)(=O)SOO[O-])ns1.[Na+].[Na+].[Na+]. The number of amides is 1. The van der Waals surface area contributed by atoms with Crippen molar-refractivity contribution in [1.82, 2.24) is 29.2 Å². The first-order valence-electron chi connectivity index (χ1n) is 12.9. The Kier molecular flexibility index (Phi) is 16.4. The molecule has 5 aromatic rings. The zero-order valence-electron chi connectivity index (χ0n) is 27.6. The Labute approximate surface area is 368 Å². The molecule has 0 saturated carbocycles. The summed E-state index contributed by atoms with van der Waals surface area (Å²) in [5.41, 5.74) is 0.566. The van der Waals surface area contributed by atoms with Crippen LogP contribution in [0.25, 0.3) is 17.0 Å². The van der Waals surface area contributed by atoms with Gasteiger partial charge in [-0.25, -0.2) is 30.2 Å². The molecule has 0 unspecified atom stereocenters. The van der Waals surface area contributed by atoms with Gasteiger partial charge in [-0.2, -0.15) is 18.3 Å². The van der Waals surface area contributed by atoms with Gasteiger partial charge in [-0.15, -0.1) is 15.3 Å². The van der Waals surface area contributed by atoms with E-state index < -0.39 is 60.9 Å². The number of rotatable bonds is 11. The number of carbonyl (C=O) groups is 1. The van der Waals surface area contributed by atoms with Crippen molar-refractivity contribution in [2.24, 2.45) is 10.2 Å². The Hall–Kier alpha value is -1.25. The van der Waals surface area contributed by atoms with Gasteiger partial charge in [0, 0.05) is 33.8 Å². The summed E-state index contributed by atoms with van der Waals surface area (Å²) in [5.74, 6) is -0.813. The van der Waals surface area contributed by atoms with E-state index in [4.69, 9.17) is 0 Å². The van der Waals surface area contributed by atoms with Crippen molar-refractivity contribution in [3.8, 4) is 11.4 Å². The van der Waals surface area contributed by atoms with Crippen LogP contribution in [0.3, 0.4) is 0 Å². The van der Waals surface area contributed by atoms with Crippen molar-refractivity contribution < 1.29 is 142 Å². The second-order valence-corrected chi connectivity index (χ2v) is 17.4. The molecule has 0 aliphatic carbocycles. The van der Waals surface area contributed by atoms with E-state index in [-0.39, 0.29) is 128 Å². The Balaban J connectivity index is 0.00000312. The molecule has 5 rings (SSSR count). The number of azo groups is 1. The fraction of sp³-hybridized carbons (Fsp3) is 0.174. The summed E-state index contributed by atoms with van der Waals surface area (Å²) in [6.07, 6.45) is 0. The van der Waals surface area contributed by atoms with Gasteiger partial charge in [-0.05, 0) is 42.5 Å². The Morgan fingerprint density at radius 2 is 1.54 bits per heavy atom. The zero-order chi connectivity index (χ0) is 35.9. The molecular weight excluding hydrogens is 824 g/mol. The molecule has 1 amide bonds. The first-order valence-corrected chi connectivity index (χ1v) is 19.2. The minimum absolute atomic E-state index is 0. The second kappa shape index (κ2) is 18.1. The van der Waals surface area contributed by atoms with Crippen LogP contribution in [-0.2, 0) is 43.9 Å². The molecule has 2 aromatic carbocycles. The number of benzene rings is 2. The van der Waals surface area contributed by atoms with E-state index in [0.717, 1.165) is 0 Å². The number of nitrogens with zero attached hydrogens (tertiary/aromatic N) is 7. The average molecular weight is 842 g/mol. The van der Waals surface area contributed by atoms with Crippen molar-refractivity contribution in [3.05, 3.63) is 53.7 Å². The fourth-order valence-electron chi connectivity index (χ4n) is 3.97. The molecular formula is C23H18N9Na3O12S5. The maximum absolute atomic E-state index is 12.8. The maximum atomic E-state index is 12.8. The van der Waals surface area contributed by atoms with Crippen molar-refractivity contribution in [2.45, 2.75) is 41.1 Å². The van der Waals surface area contributed by atoms with E-state index in [0.29, 0.717) is 41.0 Å². The van der Waals surface area contributed by atoms with Gasteiger partial charge in [0.1, 0.15) is 20.2 Å². The number of H-pyrrole nitrogens is 1. The first kappa shape index (κ1) is 46.9. The number of aromatic amines is 1. The summed E-state index contributed by atoms with van der Waals surface area (Å²) < 4.78 is 102. The van der Waals surface area contributed by atoms with Gasteiger partial charge in [0.15, 0.2) is 22.6 Å². The van der Waals surface area contributed by atoms with E-state index >= 15 is 0 Å². The smallest absolute Gasteiger partial charge is 0.744 e. The Morgan fingerprint density at radius 1 is 0.942 bits per heavy atom. The number of aromatic nitrogens is 6. The van der Waals surface area contributed by atoms with Crippen LogP contribution in [0.1, 0.15) is 36.8 Å². The summed E-state index contributed by atoms with van der Waals surface area (Å²) in [5, 5.41) is 30.3. The predicted octanol–water partition coefficient (Wildman–Crippen LogP) is -7.08. The molecule has 0 radical (unpaired) electrons. The molecule has 0 saturated heterocycles. The molecule has 3 aromatic heterocycles. The molecule has 0 bridgehead atoms. The zero-order valence-corrected chi connectivity index (χ0v) is 37.7. The summed E-state index contributed by atoms with van der Waals surface area (Å²) in [4.78, 5) is 19.0. The van der Waals surface area contributed by atoms with E-state index in [1.165, 1.54) is 28.9 Å². The third-order valence-electron chi connectivity index (χ3n) is 6.14. The van der Waals surface area contributed by atoms with Crippen LogP contribution in [0.15, 0.2) is 67.6 Å². The number of hydrogen-bond donors (Lipinski definition) is 2. The van der Waals surface area contributed by atoms with Crippen LogP contribution < -0.4 is 99.2 Å². The molecule has 0 aliphatic rings. The van der Waals surface area contributed by atoms with Crippen LogP contribution >= 0.6 is 22.6 Å². The molecule has 29 heteroatoms. The normalized spacial score (nSPS) is 12.3. The van der Waals surface area contributed by atoms with E-state index in [1.54, 1.807) is 0 Å². The van der Waals surface area contributed by atoms with Crippen molar-refractivity contribution in [3.63, 3.8) is 0 Å². The second-order valence-electron chi connectivity index (χ2n) is 10.6. The summed E-state index contributed by atoms with van der Waals surface area (Å²) in [7, 11) is -14.7. The molecule has 3 heterocycles. The molecule has 0 aliphatic heterocycles. The summed E-state index contributed by atoms with van der Waals surface area (Å²) in [6, 6.07) is 7.55. The molecule has 260 valence electrons. The topological polar surface area (TPSA) is 316 Å². The van der Waals surface area contributed by atoms with Crippen LogP contribution in [0, 0.1) is 0 Å². The Bertz CT molecular complexity index is 2400. The third-order valence-corrected chi connectivity index (χ3v) is 10.6. The van der Waals surface area contributed by atoms with E-state index in [9.17, 15) is 44.4 Å². The van der Waals surface area contributed by atoms with Crippen LogP contribution in [0.5, 0.6) is 0 Å². The number of hydrogen-bond acceptors (Lipinski definition) is 20. The van der Waals surface area contributed by atoms with Gasteiger partial charge in [0.2, 0.25) is 10.8 Å². The predicted molar refractivity (Wildman–Crippen MR) is 163 cm³/mol. The molecule has 0 spiro atoms. The van der Waals surface area contributed by atoms with Crippen LogP contribution in [0.2, 0.25) is 0 Å². The van der Waals surface area contributed by atoms with Gasteiger partial charge >= 0.3 is 88.7 Å². The number of nitrogens with one attached hydrogen (secondary N) is 2. The fourth-order valence-corrected chi connectivity index (χ4v) is 7.28. The largest absolute Gasteiger partial charge is 1.00 e. The van der Waals surface area contributed by atoms with Crippen molar-refractivity contribution >= 4 is 79.8 Å². The van der Waals surface area contributed by atoms with Gasteiger partial charge in [0.05, 0.1) is 15.5 Å². The average Bonchev–Trinajstić information content (AvgIpc) is 3.74. The summed E-state index contributed by atoms with van der Waals surface area (Å²) >= 11 is 0.320. The molecule has 52 heavy (non-hydrogen) atoms. The summed E-state index contributed by atoms with van der Waals surface area (Å²) in [6.45, 7) is 5.64. The monoisotopic (exact) mass is 841 g/mol. The first-order chi connectivity index (χ1) is 22.8. The van der Waals surface area contributed by atoms with Crippen LogP contribution in [-0.4, -0.2) is 69.4 Å². The molecule has 2 N–H and O–H groups in total. The van der Waals surface area contributed by atoms with Gasteiger partial charge < -0.3 is 19.7 Å². The Morgan fingerprint density at radius 3 is 2.08 bits per heavy atom. The molecule has 21 nitrogen and oxygen atoms in total. The minimum Gasteiger partial charge on any atom is -0.744 e. The van der Waals surface area contributed by atoms with Gasteiger partial charge in [-0.3, -0.25) is 14.9 Å². The maximum Gasteiger partial charge on any atom is 1.00 e. The molecule has 0 atom stereocenters. The van der Waals surface area contributed by atoms with Crippen molar-refractivity contribution in [1.29, 1.82) is 0 Å². The van der Waals surface area contributed by atoms with Gasteiger partial charge in [0.25, 0.3) is 19.9 Å². The standard InChI is InChI=1S/C23H21N9O12S5.3Na/c1-23(2,3)17-16(27-28-21-26-22(31-45-21)49(41,42)46-44-43-34)19-25-18(30-32(19)29-17)11-4-6-13(7-5-11)24-20(33)12-8-14(47(35,36)37)10-15(9-12)48(38,39)40;;;/h4-10,29,34H,1-3H3,(H,24,33)(H,35,36,37)(H,38,39,40);;;/q;3*+1/p-3. The van der Waals surface area contributed by atoms with E-state index in [1.807, 2.05) is 20.8 Å². The number of carbonyl (C=O) groups excluding carboxylic acids is 1. The quantitative estimate of drug-likeness (QED) is 0.0237. The van der Waals surface area contributed by atoms with Crippen molar-refractivity contribution in [2.75, 3.05) is 5.32 Å². The third kappa shape index (κ3) is 11.2.